The molecule has 0 aromatic heterocycles. The Morgan fingerprint density at radius 2 is 1.77 bits per heavy atom. The van der Waals surface area contributed by atoms with Crippen LogP contribution in [-0.2, 0) is 14.8 Å². The number of benzene rings is 2. The van der Waals surface area contributed by atoms with Gasteiger partial charge in [-0.15, -0.1) is 0 Å². The third kappa shape index (κ3) is 3.85. The molecule has 8 heteroatoms. The quantitative estimate of drug-likeness (QED) is 0.811. The average Bonchev–Trinajstić information content (AvgIpc) is 2.69. The van der Waals surface area contributed by atoms with Gasteiger partial charge >= 0.3 is 0 Å². The second-order valence-electron chi connectivity index (χ2n) is 7.99. The summed E-state index contributed by atoms with van der Waals surface area (Å²) in [6.07, 6.45) is 1.17. The Labute approximate surface area is 176 Å². The van der Waals surface area contributed by atoms with Crippen molar-refractivity contribution in [1.29, 1.82) is 0 Å². The fraction of sp³-hybridized carbons (Fsp3) is 0.364. The first kappa shape index (κ1) is 20.6. The molecule has 0 aliphatic carbocycles. The summed E-state index contributed by atoms with van der Waals surface area (Å²) in [7, 11) is -3.66. The number of carbonyl (C=O) groups is 2. The Kier molecular flexibility index (Phi) is 5.15. The molecule has 1 saturated heterocycles. The zero-order valence-corrected chi connectivity index (χ0v) is 17.8. The summed E-state index contributed by atoms with van der Waals surface area (Å²) in [5, 5.41) is 2.62. The monoisotopic (exact) mass is 428 g/mol. The van der Waals surface area contributed by atoms with Gasteiger partial charge in [0, 0.05) is 38.5 Å². The van der Waals surface area contributed by atoms with Gasteiger partial charge in [-0.2, -0.15) is 4.31 Å². The van der Waals surface area contributed by atoms with Gasteiger partial charge in [0.1, 0.15) is 11.4 Å². The number of ketones is 1. The molecule has 1 spiro atoms. The molecule has 0 saturated carbocycles. The number of nitrogens with one attached hydrogen (secondary N) is 1. The molecule has 2 heterocycles. The van der Waals surface area contributed by atoms with Crippen LogP contribution in [0.15, 0.2) is 47.4 Å². The fourth-order valence-corrected chi connectivity index (χ4v) is 5.52. The number of aryl methyl sites for hydroxylation is 1. The highest BCUT2D eigenvalue weighted by molar-refractivity contribution is 7.89. The number of nitrogens with zero attached hydrogens (tertiary/aromatic N) is 1. The Morgan fingerprint density at radius 1 is 1.10 bits per heavy atom. The lowest BCUT2D eigenvalue weighted by molar-refractivity contribution is -0.114. The van der Waals surface area contributed by atoms with Crippen molar-refractivity contribution in [3.63, 3.8) is 0 Å². The smallest absolute Gasteiger partial charge is 0.243 e. The first-order valence-corrected chi connectivity index (χ1v) is 11.3. The third-order valence-electron chi connectivity index (χ3n) is 5.69. The summed E-state index contributed by atoms with van der Waals surface area (Å²) < 4.78 is 33.7. The summed E-state index contributed by atoms with van der Waals surface area (Å²) in [5.74, 6) is 0.414. The Morgan fingerprint density at radius 3 is 2.40 bits per heavy atom. The predicted molar refractivity (Wildman–Crippen MR) is 112 cm³/mol. The summed E-state index contributed by atoms with van der Waals surface area (Å²) in [6.45, 7) is 3.89. The number of hydrogen-bond donors (Lipinski definition) is 1. The average molecular weight is 429 g/mol. The molecule has 1 amide bonds. The van der Waals surface area contributed by atoms with Gasteiger partial charge < -0.3 is 10.1 Å². The Bertz CT molecular complexity index is 1100. The minimum absolute atomic E-state index is 0.0461. The molecular formula is C22H24N2O5S. The zero-order chi connectivity index (χ0) is 21.5. The van der Waals surface area contributed by atoms with E-state index in [9.17, 15) is 18.0 Å². The molecule has 7 nitrogen and oxygen atoms in total. The van der Waals surface area contributed by atoms with E-state index in [2.05, 4.69) is 5.32 Å². The van der Waals surface area contributed by atoms with Crippen molar-refractivity contribution >= 4 is 27.4 Å². The van der Waals surface area contributed by atoms with Crippen LogP contribution in [0, 0.1) is 6.92 Å². The highest BCUT2D eigenvalue weighted by atomic mass is 32.2. The standard InChI is InChI=1S/C22H24N2O5S/c1-15-3-8-21-19(13-15)20(26)14-22(29-21)9-11-24(12-10-22)30(27,28)18-6-4-17(5-7-18)23-16(2)25/h3-8,13H,9-12,14H2,1-2H3,(H,23,25). The number of piperidine rings is 1. The van der Waals surface area contributed by atoms with Crippen molar-refractivity contribution in [3.8, 4) is 5.75 Å². The predicted octanol–water partition coefficient (Wildman–Crippen LogP) is 3.14. The molecule has 0 radical (unpaired) electrons. The van der Waals surface area contributed by atoms with Crippen LogP contribution < -0.4 is 10.1 Å². The highest BCUT2D eigenvalue weighted by Crippen LogP contribution is 2.40. The Balaban J connectivity index is 1.48. The van der Waals surface area contributed by atoms with Gasteiger partial charge in [-0.25, -0.2) is 8.42 Å². The normalized spacial score (nSPS) is 18.5. The zero-order valence-electron chi connectivity index (χ0n) is 17.0. The number of Topliss-reactive ketones (excluding diaryl/α,β-unsaturated/α-hetero) is 1. The molecule has 4 rings (SSSR count). The van der Waals surface area contributed by atoms with Crippen LogP contribution in [0.3, 0.4) is 0 Å². The van der Waals surface area contributed by atoms with E-state index in [1.807, 2.05) is 25.1 Å². The largest absolute Gasteiger partial charge is 0.486 e. The van der Waals surface area contributed by atoms with Gasteiger partial charge in [0.25, 0.3) is 0 Å². The molecule has 0 atom stereocenters. The molecule has 1 N–H and O–H groups in total. The molecule has 2 aliphatic rings. The number of fused-ring (bicyclic) bond motifs is 1. The topological polar surface area (TPSA) is 92.8 Å². The van der Waals surface area contributed by atoms with Crippen LogP contribution in [-0.4, -0.2) is 43.1 Å². The van der Waals surface area contributed by atoms with Crippen molar-refractivity contribution in [3.05, 3.63) is 53.6 Å². The maximum Gasteiger partial charge on any atom is 0.243 e. The van der Waals surface area contributed by atoms with E-state index in [-0.39, 0.29) is 36.1 Å². The van der Waals surface area contributed by atoms with Crippen LogP contribution in [0.25, 0.3) is 0 Å². The molecule has 2 aliphatic heterocycles. The number of amides is 1. The number of ether oxygens (including phenoxy) is 1. The van der Waals surface area contributed by atoms with Crippen LogP contribution >= 0.6 is 0 Å². The molecular weight excluding hydrogens is 404 g/mol. The number of carbonyl (C=O) groups excluding carboxylic acids is 2. The van der Waals surface area contributed by atoms with E-state index in [0.29, 0.717) is 29.8 Å². The number of sulfonamides is 1. The van der Waals surface area contributed by atoms with Crippen molar-refractivity contribution in [2.45, 2.75) is 43.6 Å². The van der Waals surface area contributed by atoms with Gasteiger partial charge in [0.15, 0.2) is 5.78 Å². The summed E-state index contributed by atoms with van der Waals surface area (Å²) in [4.78, 5) is 24.0. The van der Waals surface area contributed by atoms with Gasteiger partial charge in [-0.05, 0) is 43.3 Å². The summed E-state index contributed by atoms with van der Waals surface area (Å²) in [6, 6.07) is 11.7. The second-order valence-corrected chi connectivity index (χ2v) is 9.93. The van der Waals surface area contributed by atoms with Crippen molar-refractivity contribution in [2.75, 3.05) is 18.4 Å². The molecule has 30 heavy (non-hydrogen) atoms. The Hall–Kier alpha value is -2.71. The first-order valence-electron chi connectivity index (χ1n) is 9.89. The van der Waals surface area contributed by atoms with Crippen LogP contribution in [0.5, 0.6) is 5.75 Å². The molecule has 2 aromatic carbocycles. The molecule has 2 aromatic rings. The van der Waals surface area contributed by atoms with Crippen LogP contribution in [0.2, 0.25) is 0 Å². The van der Waals surface area contributed by atoms with Gasteiger partial charge in [-0.3, -0.25) is 9.59 Å². The van der Waals surface area contributed by atoms with Gasteiger partial charge in [-0.1, -0.05) is 11.6 Å². The van der Waals surface area contributed by atoms with Gasteiger partial charge in [0.2, 0.25) is 15.9 Å². The lowest BCUT2D eigenvalue weighted by atomic mass is 9.83. The van der Waals surface area contributed by atoms with Gasteiger partial charge in [0.05, 0.1) is 16.9 Å². The lowest BCUT2D eigenvalue weighted by Gasteiger charge is -2.43. The number of rotatable bonds is 3. The number of hydrogen-bond acceptors (Lipinski definition) is 5. The maximum absolute atomic E-state index is 13.0. The molecule has 0 bridgehead atoms. The van der Waals surface area contributed by atoms with E-state index >= 15 is 0 Å². The summed E-state index contributed by atoms with van der Waals surface area (Å²) in [5.41, 5.74) is 1.50. The van der Waals surface area contributed by atoms with Crippen molar-refractivity contribution in [2.24, 2.45) is 0 Å². The lowest BCUT2D eigenvalue weighted by Crippen LogP contribution is -2.52. The fourth-order valence-electron chi connectivity index (χ4n) is 4.08. The minimum atomic E-state index is -3.66. The van der Waals surface area contributed by atoms with Crippen LogP contribution in [0.4, 0.5) is 5.69 Å². The SMILES string of the molecule is CC(=O)Nc1ccc(S(=O)(=O)N2CCC3(CC2)CC(=O)c2cc(C)ccc2O3)cc1. The van der Waals surface area contributed by atoms with E-state index in [1.165, 1.54) is 23.4 Å². The van der Waals surface area contributed by atoms with E-state index < -0.39 is 15.6 Å². The molecule has 1 fully saturated rings. The minimum Gasteiger partial charge on any atom is -0.486 e. The maximum atomic E-state index is 13.0. The van der Waals surface area contributed by atoms with Crippen LogP contribution in [0.1, 0.15) is 42.1 Å². The van der Waals surface area contributed by atoms with Crippen molar-refractivity contribution < 1.29 is 22.7 Å². The van der Waals surface area contributed by atoms with E-state index in [1.54, 1.807) is 12.1 Å². The van der Waals surface area contributed by atoms with E-state index in [4.69, 9.17) is 4.74 Å². The third-order valence-corrected chi connectivity index (χ3v) is 7.60. The summed E-state index contributed by atoms with van der Waals surface area (Å²) >= 11 is 0. The second kappa shape index (κ2) is 7.52. The van der Waals surface area contributed by atoms with E-state index in [0.717, 1.165) is 5.56 Å². The number of anilines is 1. The first-order chi connectivity index (χ1) is 14.2. The highest BCUT2D eigenvalue weighted by Gasteiger charge is 2.45. The van der Waals surface area contributed by atoms with Crippen molar-refractivity contribution in [1.82, 2.24) is 4.31 Å². The molecule has 158 valence electrons. The molecule has 0 unspecified atom stereocenters.